The molecule has 96 valence electrons. The van der Waals surface area contributed by atoms with Crippen LogP contribution in [0.2, 0.25) is 0 Å². The van der Waals surface area contributed by atoms with Crippen molar-refractivity contribution in [1.29, 1.82) is 0 Å². The average molecular weight is 240 g/mol. The molecule has 0 fully saturated rings. The van der Waals surface area contributed by atoms with Gasteiger partial charge in [-0.05, 0) is 12.3 Å². The number of aromatic nitrogens is 2. The third kappa shape index (κ3) is 4.44. The van der Waals surface area contributed by atoms with Crippen LogP contribution in [-0.2, 0) is 11.3 Å². The quantitative estimate of drug-likeness (QED) is 0.652. The number of carbonyl (C=O) groups is 1. The van der Waals surface area contributed by atoms with Crippen LogP contribution >= 0.6 is 0 Å². The lowest BCUT2D eigenvalue weighted by atomic mass is 10.0. The molecule has 0 aromatic carbocycles. The SMILES string of the molecule is CC(C)C(CCO)NC(=O)Cn1cc(N)cn1. The van der Waals surface area contributed by atoms with Crippen LogP contribution in [0.1, 0.15) is 20.3 Å². The summed E-state index contributed by atoms with van der Waals surface area (Å²) in [5, 5.41) is 15.7. The van der Waals surface area contributed by atoms with E-state index < -0.39 is 0 Å². The molecule has 17 heavy (non-hydrogen) atoms. The molecule has 0 saturated carbocycles. The van der Waals surface area contributed by atoms with Crippen LogP contribution in [0, 0.1) is 5.92 Å². The number of hydrogen-bond donors (Lipinski definition) is 3. The minimum atomic E-state index is -0.125. The van der Waals surface area contributed by atoms with Gasteiger partial charge in [0.15, 0.2) is 0 Å². The number of nitrogens with one attached hydrogen (secondary N) is 1. The number of rotatable bonds is 6. The van der Waals surface area contributed by atoms with Crippen LogP contribution in [-0.4, -0.2) is 33.4 Å². The highest BCUT2D eigenvalue weighted by Gasteiger charge is 2.15. The number of anilines is 1. The van der Waals surface area contributed by atoms with Crippen molar-refractivity contribution in [1.82, 2.24) is 15.1 Å². The molecule has 0 aliphatic carbocycles. The molecule has 1 aromatic rings. The number of aliphatic hydroxyl groups excluding tert-OH is 1. The summed E-state index contributed by atoms with van der Waals surface area (Å²) in [7, 11) is 0. The number of nitrogens with zero attached hydrogens (tertiary/aromatic N) is 2. The van der Waals surface area contributed by atoms with E-state index >= 15 is 0 Å². The van der Waals surface area contributed by atoms with Crippen LogP contribution in [0.25, 0.3) is 0 Å². The summed E-state index contributed by atoms with van der Waals surface area (Å²) in [5.41, 5.74) is 6.04. The van der Waals surface area contributed by atoms with Gasteiger partial charge in [0, 0.05) is 18.8 Å². The molecular formula is C11H20N4O2. The molecule has 4 N–H and O–H groups in total. The second kappa shape index (κ2) is 6.24. The highest BCUT2D eigenvalue weighted by Crippen LogP contribution is 2.05. The second-order valence-corrected chi connectivity index (χ2v) is 4.40. The molecule has 0 spiro atoms. The van der Waals surface area contributed by atoms with Gasteiger partial charge >= 0.3 is 0 Å². The Kier molecular flexibility index (Phi) is 4.96. The van der Waals surface area contributed by atoms with Crippen LogP contribution in [0.3, 0.4) is 0 Å². The molecule has 1 heterocycles. The minimum Gasteiger partial charge on any atom is -0.396 e. The first kappa shape index (κ1) is 13.5. The molecule has 1 aromatic heterocycles. The summed E-state index contributed by atoms with van der Waals surface area (Å²) < 4.78 is 1.49. The third-order valence-corrected chi connectivity index (χ3v) is 2.55. The van der Waals surface area contributed by atoms with Gasteiger partial charge in [-0.1, -0.05) is 13.8 Å². The molecular weight excluding hydrogens is 220 g/mol. The van der Waals surface area contributed by atoms with Gasteiger partial charge in [0.2, 0.25) is 5.91 Å². The van der Waals surface area contributed by atoms with E-state index in [4.69, 9.17) is 10.8 Å². The molecule has 0 aliphatic heterocycles. The lowest BCUT2D eigenvalue weighted by molar-refractivity contribution is -0.123. The van der Waals surface area contributed by atoms with E-state index in [1.165, 1.54) is 10.9 Å². The summed E-state index contributed by atoms with van der Waals surface area (Å²) in [4.78, 5) is 11.7. The monoisotopic (exact) mass is 240 g/mol. The summed E-state index contributed by atoms with van der Waals surface area (Å²) >= 11 is 0. The number of amides is 1. The number of nitrogens with two attached hydrogens (primary N) is 1. The number of carbonyl (C=O) groups excluding carboxylic acids is 1. The van der Waals surface area contributed by atoms with Crippen LogP contribution in [0.15, 0.2) is 12.4 Å². The van der Waals surface area contributed by atoms with Gasteiger partial charge in [0.05, 0.1) is 11.9 Å². The summed E-state index contributed by atoms with van der Waals surface area (Å²) in [6.45, 7) is 4.22. The Bertz CT molecular complexity index is 362. The fourth-order valence-electron chi connectivity index (χ4n) is 1.58. The molecule has 0 radical (unpaired) electrons. The van der Waals surface area contributed by atoms with Crippen molar-refractivity contribution in [3.63, 3.8) is 0 Å². The molecule has 0 aliphatic rings. The molecule has 1 atom stereocenters. The maximum Gasteiger partial charge on any atom is 0.241 e. The molecule has 1 rings (SSSR count). The van der Waals surface area contributed by atoms with Crippen molar-refractivity contribution in [2.45, 2.75) is 32.9 Å². The number of hydrogen-bond acceptors (Lipinski definition) is 4. The van der Waals surface area contributed by atoms with E-state index in [0.29, 0.717) is 12.1 Å². The van der Waals surface area contributed by atoms with E-state index in [1.807, 2.05) is 13.8 Å². The Hall–Kier alpha value is -1.56. The molecule has 1 unspecified atom stereocenters. The second-order valence-electron chi connectivity index (χ2n) is 4.40. The standard InChI is InChI=1S/C11H20N4O2/c1-8(2)10(3-4-16)14-11(17)7-15-6-9(12)5-13-15/h5-6,8,10,16H,3-4,7,12H2,1-2H3,(H,14,17). The molecule has 0 bridgehead atoms. The van der Waals surface area contributed by atoms with E-state index in [-0.39, 0.29) is 31.0 Å². The van der Waals surface area contributed by atoms with Gasteiger partial charge in [-0.3, -0.25) is 9.48 Å². The highest BCUT2D eigenvalue weighted by molar-refractivity contribution is 5.76. The summed E-state index contributed by atoms with van der Waals surface area (Å²) in [6.07, 6.45) is 3.67. The zero-order valence-electron chi connectivity index (χ0n) is 10.3. The predicted molar refractivity (Wildman–Crippen MR) is 65.1 cm³/mol. The van der Waals surface area contributed by atoms with Gasteiger partial charge in [0.1, 0.15) is 6.54 Å². The minimum absolute atomic E-state index is 0.0135. The molecule has 1 amide bonds. The fraction of sp³-hybridized carbons (Fsp3) is 0.636. The van der Waals surface area contributed by atoms with Crippen molar-refractivity contribution in [3.8, 4) is 0 Å². The Morgan fingerprint density at radius 1 is 1.65 bits per heavy atom. The predicted octanol–water partition coefficient (Wildman–Crippen LogP) is -0.0115. The van der Waals surface area contributed by atoms with Gasteiger partial charge in [-0.2, -0.15) is 5.10 Å². The first-order valence-corrected chi connectivity index (χ1v) is 5.71. The normalized spacial score (nSPS) is 12.7. The smallest absolute Gasteiger partial charge is 0.241 e. The average Bonchev–Trinajstić information content (AvgIpc) is 2.63. The Balaban J connectivity index is 2.47. The van der Waals surface area contributed by atoms with Crippen LogP contribution in [0.5, 0.6) is 0 Å². The molecule has 0 saturated heterocycles. The van der Waals surface area contributed by atoms with Crippen LogP contribution in [0.4, 0.5) is 5.69 Å². The lowest BCUT2D eigenvalue weighted by Gasteiger charge is -2.21. The van der Waals surface area contributed by atoms with Gasteiger partial charge in [0.25, 0.3) is 0 Å². The van der Waals surface area contributed by atoms with Crippen molar-refractivity contribution in [3.05, 3.63) is 12.4 Å². The van der Waals surface area contributed by atoms with Gasteiger partial charge in [-0.15, -0.1) is 0 Å². The maximum absolute atomic E-state index is 11.7. The van der Waals surface area contributed by atoms with E-state index in [1.54, 1.807) is 6.20 Å². The van der Waals surface area contributed by atoms with Crippen molar-refractivity contribution >= 4 is 11.6 Å². The van der Waals surface area contributed by atoms with E-state index in [2.05, 4.69) is 10.4 Å². The molecule has 6 nitrogen and oxygen atoms in total. The van der Waals surface area contributed by atoms with Crippen molar-refractivity contribution in [2.75, 3.05) is 12.3 Å². The van der Waals surface area contributed by atoms with E-state index in [0.717, 1.165) is 0 Å². The largest absolute Gasteiger partial charge is 0.396 e. The zero-order valence-corrected chi connectivity index (χ0v) is 10.3. The first-order chi connectivity index (χ1) is 8.02. The topological polar surface area (TPSA) is 93.2 Å². The number of nitrogen functional groups attached to an aromatic ring is 1. The number of aliphatic hydroxyl groups is 1. The fourth-order valence-corrected chi connectivity index (χ4v) is 1.58. The van der Waals surface area contributed by atoms with Gasteiger partial charge in [-0.25, -0.2) is 0 Å². The summed E-state index contributed by atoms with van der Waals surface area (Å²) in [6, 6.07) is -0.0135. The van der Waals surface area contributed by atoms with Crippen molar-refractivity contribution < 1.29 is 9.90 Å². The van der Waals surface area contributed by atoms with E-state index in [9.17, 15) is 4.79 Å². The summed E-state index contributed by atoms with van der Waals surface area (Å²) in [5.74, 6) is 0.161. The Morgan fingerprint density at radius 2 is 2.35 bits per heavy atom. The van der Waals surface area contributed by atoms with Gasteiger partial charge < -0.3 is 16.2 Å². The Labute approximate surface area is 101 Å². The lowest BCUT2D eigenvalue weighted by Crippen LogP contribution is -2.40. The zero-order chi connectivity index (χ0) is 12.8. The molecule has 6 heteroatoms. The van der Waals surface area contributed by atoms with Crippen molar-refractivity contribution in [2.24, 2.45) is 5.92 Å². The first-order valence-electron chi connectivity index (χ1n) is 5.71. The third-order valence-electron chi connectivity index (χ3n) is 2.55. The highest BCUT2D eigenvalue weighted by atomic mass is 16.3. The maximum atomic E-state index is 11.7. The van der Waals surface area contributed by atoms with Crippen LogP contribution < -0.4 is 11.1 Å². The Morgan fingerprint density at radius 3 is 2.82 bits per heavy atom.